The smallest absolute Gasteiger partial charge is 0.229 e. The van der Waals surface area contributed by atoms with Gasteiger partial charge in [-0.15, -0.1) is 0 Å². The van der Waals surface area contributed by atoms with Crippen LogP contribution in [0.4, 0.5) is 0 Å². The Hall–Kier alpha value is 0.750. The van der Waals surface area contributed by atoms with Crippen LogP contribution in [0.2, 0.25) is 0 Å². The minimum Gasteiger partial charge on any atom is -0.229 e. The highest BCUT2D eigenvalue weighted by Crippen LogP contribution is 2.57. The van der Waals surface area contributed by atoms with Gasteiger partial charge in [-0.2, -0.15) is 0 Å². The van der Waals surface area contributed by atoms with Crippen molar-refractivity contribution in [3.63, 3.8) is 0 Å². The van der Waals surface area contributed by atoms with Crippen LogP contribution in [-0.2, 0) is 19.7 Å². The van der Waals surface area contributed by atoms with E-state index in [1.807, 2.05) is 18.5 Å². The van der Waals surface area contributed by atoms with Crippen molar-refractivity contribution < 1.29 is 21.4 Å². The number of nitrogens with zero attached hydrogens (tertiary/aromatic N) is 1. The molecular weight excluding hydrogens is 418 g/mol. The van der Waals surface area contributed by atoms with Gasteiger partial charge >= 0.3 is 0 Å². The molecule has 10 heteroatoms. The molecule has 3 rings (SSSR count). The number of alkyl halides is 1. The highest BCUT2D eigenvalue weighted by Gasteiger charge is 2.62. The third-order valence-electron chi connectivity index (χ3n) is 4.38. The van der Waals surface area contributed by atoms with Crippen LogP contribution < -0.4 is 0 Å². The highest BCUT2D eigenvalue weighted by molar-refractivity contribution is 9.11. The predicted octanol–water partition coefficient (Wildman–Crippen LogP) is 0.929. The Labute approximate surface area is 142 Å². The van der Waals surface area contributed by atoms with E-state index in [-0.39, 0.29) is 33.3 Å². The fourth-order valence-corrected chi connectivity index (χ4v) is 12.7. The molecule has 0 aliphatic carbocycles. The Kier molecular flexibility index (Phi) is 4.05. The third-order valence-corrected chi connectivity index (χ3v) is 14.9. The van der Waals surface area contributed by atoms with Crippen LogP contribution in [0.15, 0.2) is 0 Å². The van der Waals surface area contributed by atoms with Crippen molar-refractivity contribution in [1.82, 2.24) is 0 Å². The number of halogens is 1. The summed E-state index contributed by atoms with van der Waals surface area (Å²) < 4.78 is 49.4. The van der Waals surface area contributed by atoms with Crippen molar-refractivity contribution >= 4 is 63.5 Å². The standard InChI is InChI=1S/C11H17BrNO4S4/c1-11-8(6-21(16,17)9(11)12)18-10(19-11)13(2)7-3-4-20(14,15)5-7/h7-9H,3-6H2,1-2H3/q+1/t7-,8+,9+,11+/m0/s1. The van der Waals surface area contributed by atoms with E-state index in [1.165, 1.54) is 0 Å². The number of hydrogen-bond donors (Lipinski definition) is 0. The lowest BCUT2D eigenvalue weighted by Gasteiger charge is -2.21. The van der Waals surface area contributed by atoms with Gasteiger partial charge in [0.15, 0.2) is 25.7 Å². The first-order valence-corrected chi connectivity index (χ1v) is 12.7. The molecule has 3 aliphatic heterocycles. The molecule has 0 aromatic heterocycles. The van der Waals surface area contributed by atoms with E-state index in [0.29, 0.717) is 6.42 Å². The van der Waals surface area contributed by atoms with Crippen molar-refractivity contribution in [2.45, 2.75) is 33.5 Å². The van der Waals surface area contributed by atoms with E-state index in [2.05, 4.69) is 15.9 Å². The molecule has 0 spiro atoms. The van der Waals surface area contributed by atoms with E-state index in [1.54, 1.807) is 23.5 Å². The normalized spacial score (nSPS) is 46.5. The third kappa shape index (κ3) is 2.72. The summed E-state index contributed by atoms with van der Waals surface area (Å²) in [5, 5.41) is 0.0207. The number of hydrogen-bond acceptors (Lipinski definition) is 6. The summed E-state index contributed by atoms with van der Waals surface area (Å²) in [6.45, 7) is 1.98. The lowest BCUT2D eigenvalue weighted by molar-refractivity contribution is -0.526. The van der Waals surface area contributed by atoms with Gasteiger partial charge < -0.3 is 0 Å². The predicted molar refractivity (Wildman–Crippen MR) is 92.1 cm³/mol. The number of sulfone groups is 2. The van der Waals surface area contributed by atoms with E-state index in [0.717, 1.165) is 4.38 Å². The lowest BCUT2D eigenvalue weighted by atomic mass is 10.1. The number of rotatable bonds is 1. The Morgan fingerprint density at radius 2 is 1.95 bits per heavy atom. The number of thioether (sulfide) groups is 2. The zero-order chi connectivity index (χ0) is 15.6. The molecule has 0 aromatic carbocycles. The van der Waals surface area contributed by atoms with Crippen molar-refractivity contribution in [2.24, 2.45) is 0 Å². The molecule has 0 unspecified atom stereocenters. The lowest BCUT2D eigenvalue weighted by Crippen LogP contribution is -2.34. The zero-order valence-corrected chi connectivity index (χ0v) is 16.5. The van der Waals surface area contributed by atoms with Gasteiger partial charge in [0.2, 0.25) is 0 Å². The molecule has 0 bridgehead atoms. The fraction of sp³-hybridized carbons (Fsp3) is 0.909. The Bertz CT molecular complexity index is 717. The largest absolute Gasteiger partial charge is 0.271 e. The summed E-state index contributed by atoms with van der Waals surface area (Å²) in [5.74, 6) is 0.629. The summed E-state index contributed by atoms with van der Waals surface area (Å²) in [6.07, 6.45) is 0.654. The van der Waals surface area contributed by atoms with Crippen molar-refractivity contribution in [3.8, 4) is 0 Å². The molecule has 4 atom stereocenters. The van der Waals surface area contributed by atoms with E-state index >= 15 is 0 Å². The quantitative estimate of drug-likeness (QED) is 0.451. The van der Waals surface area contributed by atoms with Crippen LogP contribution in [0.3, 0.4) is 0 Å². The summed E-state index contributed by atoms with van der Waals surface area (Å²) in [7, 11) is -4.07. The van der Waals surface area contributed by atoms with Gasteiger partial charge in [-0.3, -0.25) is 0 Å². The summed E-state index contributed by atoms with van der Waals surface area (Å²) >= 11 is 6.51. The minimum absolute atomic E-state index is 0.0119. The van der Waals surface area contributed by atoms with E-state index in [9.17, 15) is 16.8 Å². The Morgan fingerprint density at radius 1 is 1.29 bits per heavy atom. The first kappa shape index (κ1) is 16.6. The Balaban J connectivity index is 1.87. The molecular formula is C11H17BrNO4S4+. The molecule has 5 nitrogen and oxygen atoms in total. The Morgan fingerprint density at radius 3 is 2.48 bits per heavy atom. The first-order valence-electron chi connectivity index (χ1n) is 6.57. The second-order valence-corrected chi connectivity index (χ2v) is 14.8. The maximum atomic E-state index is 12.0. The zero-order valence-electron chi connectivity index (χ0n) is 11.7. The molecule has 21 heavy (non-hydrogen) atoms. The topological polar surface area (TPSA) is 71.3 Å². The van der Waals surface area contributed by atoms with Crippen LogP contribution in [0.5, 0.6) is 0 Å². The van der Waals surface area contributed by atoms with Gasteiger partial charge in [-0.25, -0.2) is 21.4 Å². The fourth-order valence-electron chi connectivity index (χ4n) is 2.95. The monoisotopic (exact) mass is 434 g/mol. The SMILES string of the molecule is C[N+](=C1S[C@@H]2CS(=O)(=O)[C@@H](Br)[C@]2(C)S1)[C@H]1CCS(=O)(=O)C1. The molecule has 0 radical (unpaired) electrons. The molecule has 3 heterocycles. The molecule has 0 amide bonds. The van der Waals surface area contributed by atoms with Crippen molar-refractivity contribution in [1.29, 1.82) is 0 Å². The highest BCUT2D eigenvalue weighted by atomic mass is 79.9. The van der Waals surface area contributed by atoms with Crippen molar-refractivity contribution in [3.05, 3.63) is 0 Å². The molecule has 3 fully saturated rings. The maximum Gasteiger partial charge on any atom is 0.271 e. The van der Waals surface area contributed by atoms with Gasteiger partial charge in [0, 0.05) is 11.7 Å². The summed E-state index contributed by atoms with van der Waals surface area (Å²) in [5.41, 5.74) is 0. The summed E-state index contributed by atoms with van der Waals surface area (Å²) in [6, 6.07) is 0.0119. The average Bonchev–Trinajstić information content (AvgIpc) is 2.93. The average molecular weight is 435 g/mol. The van der Waals surface area contributed by atoms with Gasteiger partial charge in [0.05, 0.1) is 16.3 Å². The van der Waals surface area contributed by atoms with Gasteiger partial charge in [-0.1, -0.05) is 15.9 Å². The first-order chi connectivity index (χ1) is 9.55. The molecule has 0 aromatic rings. The van der Waals surface area contributed by atoms with Crippen LogP contribution >= 0.6 is 39.5 Å². The van der Waals surface area contributed by atoms with E-state index < -0.39 is 23.8 Å². The number of fused-ring (bicyclic) bond motifs is 1. The molecule has 3 saturated heterocycles. The minimum atomic E-state index is -3.08. The second kappa shape index (κ2) is 5.12. The van der Waals surface area contributed by atoms with Gasteiger partial charge in [0.25, 0.3) is 4.38 Å². The van der Waals surface area contributed by atoms with Crippen LogP contribution in [0.1, 0.15) is 13.3 Å². The van der Waals surface area contributed by atoms with Gasteiger partial charge in [0.1, 0.15) is 17.0 Å². The van der Waals surface area contributed by atoms with E-state index in [4.69, 9.17) is 0 Å². The second-order valence-electron chi connectivity index (χ2n) is 5.97. The van der Waals surface area contributed by atoms with Gasteiger partial charge in [-0.05, 0) is 30.4 Å². The van der Waals surface area contributed by atoms with Crippen LogP contribution in [0.25, 0.3) is 0 Å². The van der Waals surface area contributed by atoms with Crippen LogP contribution in [-0.4, -0.2) is 70.3 Å². The molecule has 0 N–H and O–H groups in total. The summed E-state index contributed by atoms with van der Waals surface area (Å²) in [4.78, 5) is 0. The maximum absolute atomic E-state index is 12.0. The molecule has 0 saturated carbocycles. The van der Waals surface area contributed by atoms with Crippen LogP contribution in [0, 0.1) is 0 Å². The molecule has 3 aliphatic rings. The molecule has 120 valence electrons. The van der Waals surface area contributed by atoms with Crippen molar-refractivity contribution in [2.75, 3.05) is 24.3 Å².